The van der Waals surface area contributed by atoms with Gasteiger partial charge in [0.1, 0.15) is 0 Å². The van der Waals surface area contributed by atoms with Crippen LogP contribution in [0.15, 0.2) is 30.3 Å². The maximum Gasteiger partial charge on any atom is 0.320 e. The van der Waals surface area contributed by atoms with E-state index in [9.17, 15) is 4.79 Å². The monoisotopic (exact) mass is 250 g/mol. The molecule has 0 aromatic heterocycles. The van der Waals surface area contributed by atoms with Crippen LogP contribution < -0.4 is 5.73 Å². The summed E-state index contributed by atoms with van der Waals surface area (Å²) in [7, 11) is 1.91. The summed E-state index contributed by atoms with van der Waals surface area (Å²) in [5, 5.41) is 0. The zero-order valence-corrected chi connectivity index (χ0v) is 11.1. The Balaban J connectivity index is 2.51. The van der Waals surface area contributed by atoms with E-state index in [1.165, 1.54) is 5.56 Å². The number of hydrogen-bond donors (Lipinski definition) is 1. The second kappa shape index (κ2) is 7.84. The Bertz CT molecular complexity index is 354. The van der Waals surface area contributed by atoms with Crippen LogP contribution in [0.25, 0.3) is 0 Å². The molecule has 1 atom stereocenters. The minimum Gasteiger partial charge on any atom is -0.465 e. The lowest BCUT2D eigenvalue weighted by molar-refractivity contribution is -0.144. The maximum absolute atomic E-state index is 11.4. The standard InChI is InChI=1S/C14H22N2O2/c1-3-18-14(17)11-16(2)10-13(9-15)12-7-5-4-6-8-12/h4-8,13H,3,9-11,15H2,1-2H3. The molecule has 4 nitrogen and oxygen atoms in total. The minimum absolute atomic E-state index is 0.191. The minimum atomic E-state index is -0.191. The van der Waals surface area contributed by atoms with Gasteiger partial charge in [0, 0.05) is 19.0 Å². The van der Waals surface area contributed by atoms with Gasteiger partial charge in [-0.05, 0) is 19.5 Å². The Kier molecular flexibility index (Phi) is 6.39. The topological polar surface area (TPSA) is 55.6 Å². The summed E-state index contributed by atoms with van der Waals surface area (Å²) in [6.45, 7) is 3.85. The highest BCUT2D eigenvalue weighted by molar-refractivity contribution is 5.71. The molecule has 1 unspecified atom stereocenters. The first-order valence-electron chi connectivity index (χ1n) is 6.26. The molecule has 0 saturated carbocycles. The molecule has 0 aliphatic heterocycles. The van der Waals surface area contributed by atoms with E-state index in [2.05, 4.69) is 12.1 Å². The van der Waals surface area contributed by atoms with E-state index in [4.69, 9.17) is 10.5 Å². The molecule has 1 rings (SSSR count). The molecule has 0 aliphatic carbocycles. The van der Waals surface area contributed by atoms with E-state index in [0.717, 1.165) is 6.54 Å². The molecule has 0 spiro atoms. The number of carbonyl (C=O) groups is 1. The van der Waals surface area contributed by atoms with Gasteiger partial charge in [0.05, 0.1) is 13.2 Å². The maximum atomic E-state index is 11.4. The van der Waals surface area contributed by atoms with E-state index in [1.807, 2.05) is 37.1 Å². The number of nitrogens with two attached hydrogens (primary N) is 1. The van der Waals surface area contributed by atoms with Crippen LogP contribution >= 0.6 is 0 Å². The van der Waals surface area contributed by atoms with Crippen LogP contribution in [0, 0.1) is 0 Å². The van der Waals surface area contributed by atoms with E-state index in [0.29, 0.717) is 19.7 Å². The Morgan fingerprint density at radius 1 is 1.39 bits per heavy atom. The van der Waals surface area contributed by atoms with Crippen LogP contribution in [0.2, 0.25) is 0 Å². The quantitative estimate of drug-likeness (QED) is 0.739. The Hall–Kier alpha value is -1.39. The third kappa shape index (κ3) is 4.85. The first kappa shape index (κ1) is 14.7. The van der Waals surface area contributed by atoms with Crippen molar-refractivity contribution in [3.8, 4) is 0 Å². The predicted octanol–water partition coefficient (Wildman–Crippen LogP) is 1.22. The summed E-state index contributed by atoms with van der Waals surface area (Å²) in [5.41, 5.74) is 7.00. The predicted molar refractivity (Wildman–Crippen MR) is 72.4 cm³/mol. The second-order valence-electron chi connectivity index (χ2n) is 4.35. The van der Waals surface area contributed by atoms with Gasteiger partial charge in [-0.15, -0.1) is 0 Å². The van der Waals surface area contributed by atoms with Crippen LogP contribution in [-0.4, -0.2) is 44.2 Å². The molecule has 1 aromatic rings. The zero-order chi connectivity index (χ0) is 13.4. The van der Waals surface area contributed by atoms with E-state index < -0.39 is 0 Å². The van der Waals surface area contributed by atoms with E-state index in [-0.39, 0.29) is 11.9 Å². The van der Waals surface area contributed by atoms with Gasteiger partial charge >= 0.3 is 5.97 Å². The first-order valence-corrected chi connectivity index (χ1v) is 6.26. The van der Waals surface area contributed by atoms with Crippen LogP contribution in [0.3, 0.4) is 0 Å². The van der Waals surface area contributed by atoms with Crippen molar-refractivity contribution in [3.05, 3.63) is 35.9 Å². The Morgan fingerprint density at radius 3 is 2.61 bits per heavy atom. The van der Waals surface area contributed by atoms with Crippen molar-refractivity contribution in [1.82, 2.24) is 4.90 Å². The molecule has 0 aliphatic rings. The zero-order valence-electron chi connectivity index (χ0n) is 11.1. The third-order valence-corrected chi connectivity index (χ3v) is 2.79. The van der Waals surface area contributed by atoms with Crippen molar-refractivity contribution in [2.24, 2.45) is 5.73 Å². The number of rotatable bonds is 7. The Labute approximate surface area is 109 Å². The number of ether oxygens (including phenoxy) is 1. The normalized spacial score (nSPS) is 12.4. The van der Waals surface area contributed by atoms with Crippen molar-refractivity contribution < 1.29 is 9.53 Å². The summed E-state index contributed by atoms with van der Waals surface area (Å²) in [6, 6.07) is 10.1. The molecule has 18 heavy (non-hydrogen) atoms. The fourth-order valence-corrected chi connectivity index (χ4v) is 1.91. The molecule has 100 valence electrons. The second-order valence-corrected chi connectivity index (χ2v) is 4.35. The van der Waals surface area contributed by atoms with Gasteiger partial charge in [-0.1, -0.05) is 30.3 Å². The summed E-state index contributed by atoms with van der Waals surface area (Å²) in [4.78, 5) is 13.3. The number of esters is 1. The summed E-state index contributed by atoms with van der Waals surface area (Å²) in [5.74, 6) is 0.0504. The molecule has 0 heterocycles. The van der Waals surface area contributed by atoms with Crippen molar-refractivity contribution in [2.75, 3.05) is 33.3 Å². The molecule has 0 saturated heterocycles. The van der Waals surface area contributed by atoms with E-state index >= 15 is 0 Å². The molecule has 0 amide bonds. The van der Waals surface area contributed by atoms with Crippen LogP contribution in [-0.2, 0) is 9.53 Å². The summed E-state index contributed by atoms with van der Waals surface area (Å²) < 4.78 is 4.92. The largest absolute Gasteiger partial charge is 0.465 e. The highest BCUT2D eigenvalue weighted by atomic mass is 16.5. The molecule has 1 aromatic carbocycles. The van der Waals surface area contributed by atoms with Crippen LogP contribution in [0.4, 0.5) is 0 Å². The molecule has 0 bridgehead atoms. The lowest BCUT2D eigenvalue weighted by Gasteiger charge is -2.22. The van der Waals surface area contributed by atoms with Crippen LogP contribution in [0.5, 0.6) is 0 Å². The highest BCUT2D eigenvalue weighted by Crippen LogP contribution is 2.14. The number of benzene rings is 1. The highest BCUT2D eigenvalue weighted by Gasteiger charge is 2.14. The fraction of sp³-hybridized carbons (Fsp3) is 0.500. The fourth-order valence-electron chi connectivity index (χ4n) is 1.91. The van der Waals surface area contributed by atoms with Gasteiger partial charge in [0.2, 0.25) is 0 Å². The van der Waals surface area contributed by atoms with Crippen molar-refractivity contribution in [3.63, 3.8) is 0 Å². The first-order chi connectivity index (χ1) is 8.67. The molecule has 4 heteroatoms. The number of hydrogen-bond acceptors (Lipinski definition) is 4. The molecule has 0 fully saturated rings. The summed E-state index contributed by atoms with van der Waals surface area (Å²) in [6.07, 6.45) is 0. The lowest BCUT2D eigenvalue weighted by Crippen LogP contribution is -2.33. The van der Waals surface area contributed by atoms with Gasteiger partial charge in [0.25, 0.3) is 0 Å². The number of likely N-dealkylation sites (N-methyl/N-ethyl adjacent to an activating group) is 1. The smallest absolute Gasteiger partial charge is 0.320 e. The van der Waals surface area contributed by atoms with Crippen molar-refractivity contribution >= 4 is 5.97 Å². The van der Waals surface area contributed by atoms with Crippen molar-refractivity contribution in [1.29, 1.82) is 0 Å². The number of carbonyl (C=O) groups excluding carboxylic acids is 1. The molecular weight excluding hydrogens is 228 g/mol. The van der Waals surface area contributed by atoms with E-state index in [1.54, 1.807) is 0 Å². The van der Waals surface area contributed by atoms with Gasteiger partial charge in [0.15, 0.2) is 0 Å². The van der Waals surface area contributed by atoms with Gasteiger partial charge in [-0.3, -0.25) is 9.69 Å². The average Bonchev–Trinajstić information content (AvgIpc) is 2.37. The lowest BCUT2D eigenvalue weighted by atomic mass is 9.99. The van der Waals surface area contributed by atoms with Crippen molar-refractivity contribution in [2.45, 2.75) is 12.8 Å². The number of nitrogens with zero attached hydrogens (tertiary/aromatic N) is 1. The SMILES string of the molecule is CCOC(=O)CN(C)CC(CN)c1ccccc1. The van der Waals surface area contributed by atoms with Gasteiger partial charge in [-0.25, -0.2) is 0 Å². The third-order valence-electron chi connectivity index (χ3n) is 2.79. The molecule has 0 radical (unpaired) electrons. The summed E-state index contributed by atoms with van der Waals surface area (Å²) >= 11 is 0. The van der Waals surface area contributed by atoms with Gasteiger partial charge in [-0.2, -0.15) is 0 Å². The molecular formula is C14H22N2O2. The average molecular weight is 250 g/mol. The Morgan fingerprint density at radius 2 is 2.06 bits per heavy atom. The molecule has 2 N–H and O–H groups in total. The van der Waals surface area contributed by atoms with Gasteiger partial charge < -0.3 is 10.5 Å². The van der Waals surface area contributed by atoms with Crippen LogP contribution in [0.1, 0.15) is 18.4 Å².